The lowest BCUT2D eigenvalue weighted by atomic mass is 9.96. The Morgan fingerprint density at radius 3 is 2.83 bits per heavy atom. The maximum absolute atomic E-state index is 12.6. The van der Waals surface area contributed by atoms with Crippen LogP contribution in [-0.2, 0) is 16.0 Å². The van der Waals surface area contributed by atoms with Crippen LogP contribution in [0.1, 0.15) is 30.2 Å². The van der Waals surface area contributed by atoms with Crippen LogP contribution in [0.15, 0.2) is 24.4 Å². The molecule has 0 radical (unpaired) electrons. The number of benzene rings is 1. The van der Waals surface area contributed by atoms with E-state index in [1.54, 1.807) is 25.3 Å². The first kappa shape index (κ1) is 20.1. The van der Waals surface area contributed by atoms with Gasteiger partial charge in [-0.3, -0.25) is 14.5 Å². The van der Waals surface area contributed by atoms with E-state index in [9.17, 15) is 14.4 Å². The van der Waals surface area contributed by atoms with Gasteiger partial charge in [-0.05, 0) is 43.4 Å². The van der Waals surface area contributed by atoms with E-state index < -0.39 is 17.5 Å². The quantitative estimate of drug-likeness (QED) is 0.653. The van der Waals surface area contributed by atoms with Crippen LogP contribution in [0, 0.1) is 5.92 Å². The van der Waals surface area contributed by atoms with Crippen molar-refractivity contribution in [2.75, 3.05) is 11.9 Å². The summed E-state index contributed by atoms with van der Waals surface area (Å²) in [6.45, 7) is 1.38. The largest absolute Gasteiger partial charge is 0.325 e. The van der Waals surface area contributed by atoms with E-state index in [2.05, 4.69) is 15.6 Å². The Morgan fingerprint density at radius 2 is 2.14 bits per heavy atom. The first-order valence-electron chi connectivity index (χ1n) is 9.09. The first-order valence-corrected chi connectivity index (χ1v) is 10.7. The Hall–Kier alpha value is -2.16. The van der Waals surface area contributed by atoms with Gasteiger partial charge in [0.15, 0.2) is 5.13 Å². The average molecular weight is 453 g/mol. The maximum atomic E-state index is 12.6. The van der Waals surface area contributed by atoms with Gasteiger partial charge in [-0.1, -0.05) is 29.3 Å². The van der Waals surface area contributed by atoms with E-state index in [4.69, 9.17) is 23.2 Å². The molecule has 7 nitrogen and oxygen atoms in total. The molecule has 1 aliphatic heterocycles. The van der Waals surface area contributed by atoms with Crippen molar-refractivity contribution in [3.63, 3.8) is 0 Å². The number of imide groups is 1. The fourth-order valence-corrected chi connectivity index (χ4v) is 4.73. The highest BCUT2D eigenvalue weighted by Crippen LogP contribution is 2.42. The minimum absolute atomic E-state index is 0.147. The Balaban J connectivity index is 1.37. The highest BCUT2D eigenvalue weighted by molar-refractivity contribution is 7.15. The zero-order valence-corrected chi connectivity index (χ0v) is 17.8. The number of anilines is 1. The van der Waals surface area contributed by atoms with Crippen LogP contribution in [0.25, 0.3) is 0 Å². The molecule has 1 atom stereocenters. The number of carbonyl (C=O) groups is 3. The van der Waals surface area contributed by atoms with Crippen molar-refractivity contribution in [1.82, 2.24) is 15.2 Å². The van der Waals surface area contributed by atoms with E-state index in [0.717, 1.165) is 28.2 Å². The summed E-state index contributed by atoms with van der Waals surface area (Å²) in [5.74, 6) is -0.676. The third kappa shape index (κ3) is 4.10. The number of hydrogen-bond acceptors (Lipinski definition) is 5. The number of hydrogen-bond donors (Lipinski definition) is 2. The number of urea groups is 1. The Morgan fingerprint density at radius 1 is 1.38 bits per heavy atom. The summed E-state index contributed by atoms with van der Waals surface area (Å²) < 4.78 is 0. The molecule has 29 heavy (non-hydrogen) atoms. The van der Waals surface area contributed by atoms with Gasteiger partial charge in [0.25, 0.3) is 5.91 Å². The third-order valence-corrected chi connectivity index (χ3v) is 6.68. The van der Waals surface area contributed by atoms with Gasteiger partial charge in [0.1, 0.15) is 12.1 Å². The second-order valence-electron chi connectivity index (χ2n) is 7.39. The smallest absolute Gasteiger partial charge is 0.323 e. The molecule has 2 aromatic rings. The van der Waals surface area contributed by atoms with Crippen LogP contribution in [-0.4, -0.2) is 39.8 Å². The van der Waals surface area contributed by atoms with Crippen LogP contribution in [0.3, 0.4) is 0 Å². The predicted molar refractivity (Wildman–Crippen MR) is 111 cm³/mol. The van der Waals surface area contributed by atoms with Crippen LogP contribution < -0.4 is 10.6 Å². The highest BCUT2D eigenvalue weighted by atomic mass is 35.5. The summed E-state index contributed by atoms with van der Waals surface area (Å²) in [5, 5.41) is 6.90. The fraction of sp³-hybridized carbons (Fsp3) is 0.368. The Kier molecular flexibility index (Phi) is 5.27. The average Bonchev–Trinajstić information content (AvgIpc) is 3.39. The number of rotatable bonds is 6. The standard InChI is InChI=1S/C19H18Cl2N4O3S/c1-19(11-3-4-11)16(27)25(18(28)24-19)9-15(26)23-17-22-8-13(29-17)6-10-2-5-12(20)7-14(10)21/h2,5,7-8,11H,3-4,6,9H2,1H3,(H,24,28)(H,22,23,26). The fourth-order valence-electron chi connectivity index (χ4n) is 3.40. The summed E-state index contributed by atoms with van der Waals surface area (Å²) in [4.78, 5) is 43.2. The van der Waals surface area contributed by atoms with Crippen molar-refractivity contribution in [1.29, 1.82) is 0 Å². The SMILES string of the molecule is CC1(C2CC2)NC(=O)N(CC(=O)Nc2ncc(Cc3ccc(Cl)cc3Cl)s2)C1=O. The van der Waals surface area contributed by atoms with E-state index >= 15 is 0 Å². The molecule has 152 valence electrons. The van der Waals surface area contributed by atoms with Crippen LogP contribution in [0.5, 0.6) is 0 Å². The molecule has 1 aromatic carbocycles. The Bertz CT molecular complexity index is 1010. The molecule has 1 unspecified atom stereocenters. The summed E-state index contributed by atoms with van der Waals surface area (Å²) in [7, 11) is 0. The van der Waals surface area contributed by atoms with Crippen molar-refractivity contribution in [2.45, 2.75) is 31.7 Å². The predicted octanol–water partition coefficient (Wildman–Crippen LogP) is 3.70. The molecule has 2 aliphatic rings. The van der Waals surface area contributed by atoms with Gasteiger partial charge in [-0.25, -0.2) is 9.78 Å². The molecular formula is C19H18Cl2N4O3S. The number of nitrogens with one attached hydrogen (secondary N) is 2. The second kappa shape index (κ2) is 7.59. The van der Waals surface area contributed by atoms with Crippen molar-refractivity contribution in [2.24, 2.45) is 5.92 Å². The number of amides is 4. The minimum atomic E-state index is -0.899. The van der Waals surface area contributed by atoms with Gasteiger partial charge < -0.3 is 10.6 Å². The van der Waals surface area contributed by atoms with E-state index in [1.165, 1.54) is 11.3 Å². The van der Waals surface area contributed by atoms with Crippen molar-refractivity contribution >= 4 is 57.5 Å². The number of nitrogens with zero attached hydrogens (tertiary/aromatic N) is 2. The van der Waals surface area contributed by atoms with Gasteiger partial charge >= 0.3 is 6.03 Å². The zero-order valence-electron chi connectivity index (χ0n) is 15.5. The van der Waals surface area contributed by atoms with E-state index in [-0.39, 0.29) is 18.4 Å². The molecule has 2 N–H and O–H groups in total. The lowest BCUT2D eigenvalue weighted by molar-refractivity contribution is -0.134. The van der Waals surface area contributed by atoms with E-state index in [1.807, 2.05) is 6.07 Å². The molecule has 0 spiro atoms. The number of carbonyl (C=O) groups excluding carboxylic acids is 3. The summed E-state index contributed by atoms with van der Waals surface area (Å²) >= 11 is 13.4. The number of aromatic nitrogens is 1. The van der Waals surface area contributed by atoms with Crippen molar-refractivity contribution in [3.8, 4) is 0 Å². The monoisotopic (exact) mass is 452 g/mol. The second-order valence-corrected chi connectivity index (χ2v) is 9.35. The summed E-state index contributed by atoms with van der Waals surface area (Å²) in [6, 6.07) is 4.75. The normalized spacial score (nSPS) is 21.4. The molecule has 0 bridgehead atoms. The molecule has 4 amide bonds. The first-order chi connectivity index (χ1) is 13.8. The summed E-state index contributed by atoms with van der Waals surface area (Å²) in [6.07, 6.45) is 4.02. The van der Waals surface area contributed by atoms with Gasteiger partial charge in [0.05, 0.1) is 0 Å². The van der Waals surface area contributed by atoms with Gasteiger partial charge in [0.2, 0.25) is 5.91 Å². The molecule has 2 heterocycles. The molecule has 1 saturated carbocycles. The zero-order chi connectivity index (χ0) is 20.8. The molecule has 1 aromatic heterocycles. The molecule has 2 fully saturated rings. The van der Waals surface area contributed by atoms with E-state index in [0.29, 0.717) is 21.6 Å². The topological polar surface area (TPSA) is 91.4 Å². The molecule has 1 aliphatic carbocycles. The summed E-state index contributed by atoms with van der Waals surface area (Å²) in [5.41, 5.74) is 0.0000990. The van der Waals surface area contributed by atoms with Gasteiger partial charge in [0, 0.05) is 27.5 Å². The minimum Gasteiger partial charge on any atom is -0.323 e. The number of thiazole rings is 1. The number of halogens is 2. The van der Waals surface area contributed by atoms with Crippen molar-refractivity contribution in [3.05, 3.63) is 44.9 Å². The van der Waals surface area contributed by atoms with Crippen LogP contribution in [0.4, 0.5) is 9.93 Å². The molecule has 1 saturated heterocycles. The third-order valence-electron chi connectivity index (χ3n) is 5.18. The van der Waals surface area contributed by atoms with Crippen molar-refractivity contribution < 1.29 is 14.4 Å². The van der Waals surface area contributed by atoms with Gasteiger partial charge in [-0.15, -0.1) is 11.3 Å². The highest BCUT2D eigenvalue weighted by Gasteiger charge is 2.56. The molecule has 10 heteroatoms. The maximum Gasteiger partial charge on any atom is 0.325 e. The van der Waals surface area contributed by atoms with Crippen LogP contribution >= 0.6 is 34.5 Å². The lowest BCUT2D eigenvalue weighted by Crippen LogP contribution is -2.46. The lowest BCUT2D eigenvalue weighted by Gasteiger charge is -2.20. The van der Waals surface area contributed by atoms with Gasteiger partial charge in [-0.2, -0.15) is 0 Å². The molecular weight excluding hydrogens is 435 g/mol. The van der Waals surface area contributed by atoms with Crippen LogP contribution in [0.2, 0.25) is 10.0 Å². The Labute approximate surface area is 181 Å². The molecule has 4 rings (SSSR count).